The number of morpholine rings is 1. The van der Waals surface area contributed by atoms with Gasteiger partial charge in [-0.3, -0.25) is 19.3 Å². The van der Waals surface area contributed by atoms with Crippen molar-refractivity contribution in [2.24, 2.45) is 20.0 Å². The number of nitrogens with zero attached hydrogens (tertiary/aromatic N) is 3. The van der Waals surface area contributed by atoms with Gasteiger partial charge in [-0.25, -0.2) is 4.79 Å². The number of anilines is 2. The zero-order valence-corrected chi connectivity index (χ0v) is 26.0. The molecule has 2 aromatic heterocycles. The van der Waals surface area contributed by atoms with E-state index in [-0.39, 0.29) is 17.7 Å². The number of hydrogen-bond donors (Lipinski definition) is 4. The third-order valence-electron chi connectivity index (χ3n) is 7.41. The number of hydrogen-bond acceptors (Lipinski definition) is 6. The van der Waals surface area contributed by atoms with Crippen molar-refractivity contribution in [1.82, 2.24) is 19.4 Å². The highest BCUT2D eigenvalue weighted by Gasteiger charge is 2.38. The van der Waals surface area contributed by atoms with E-state index in [0.717, 1.165) is 38.4 Å². The summed E-state index contributed by atoms with van der Waals surface area (Å²) in [5.41, 5.74) is 3.45. The van der Waals surface area contributed by atoms with E-state index in [0.29, 0.717) is 40.8 Å². The Morgan fingerprint density at radius 3 is 1.96 bits per heavy atom. The van der Waals surface area contributed by atoms with Gasteiger partial charge in [0.1, 0.15) is 11.4 Å². The van der Waals surface area contributed by atoms with Gasteiger partial charge in [-0.1, -0.05) is 24.3 Å². The molecule has 1 saturated heterocycles. The van der Waals surface area contributed by atoms with Crippen LogP contribution in [-0.2, 0) is 23.6 Å². The van der Waals surface area contributed by atoms with E-state index in [1.807, 2.05) is 12.1 Å². The molecule has 0 unspecified atom stereocenters. The Kier molecular flexibility index (Phi) is 11.6. The first-order valence-corrected chi connectivity index (χ1v) is 14.9. The number of aryl methyl sites for hydroxylation is 2. The number of carbonyl (C=O) groups is 4. The summed E-state index contributed by atoms with van der Waals surface area (Å²) in [6.07, 6.45) is 5.13. The Labute approximate surface area is 269 Å². The summed E-state index contributed by atoms with van der Waals surface area (Å²) in [5.74, 6) is -2.85. The van der Waals surface area contributed by atoms with E-state index in [1.165, 1.54) is 12.8 Å². The largest absolute Gasteiger partial charge is 0.490 e. The predicted octanol–water partition coefficient (Wildman–Crippen LogP) is 3.99. The van der Waals surface area contributed by atoms with Gasteiger partial charge in [0.05, 0.1) is 24.6 Å². The summed E-state index contributed by atoms with van der Waals surface area (Å²) in [7, 11) is 3.50. The molecular weight excluding hydrogens is 621 g/mol. The normalized spacial score (nSPS) is 15.1. The van der Waals surface area contributed by atoms with Crippen LogP contribution in [0.25, 0.3) is 6.08 Å². The van der Waals surface area contributed by atoms with E-state index < -0.39 is 12.1 Å². The SMILES string of the molecule is Cn1cc(NC(=O)c2cc(NC(=O)c3ccc(/C=C/C4CC4)cc3)cn2C)cc1C(=O)NCCN1CCOCC1.O=C(O)C(F)(F)F. The molecule has 2 fully saturated rings. The molecular formula is C32H37F3N6O6. The van der Waals surface area contributed by atoms with Gasteiger partial charge in [-0.15, -0.1) is 0 Å². The summed E-state index contributed by atoms with van der Waals surface area (Å²) in [6.45, 7) is 4.47. The fourth-order valence-electron chi connectivity index (χ4n) is 4.64. The number of carboxylic acid groups (broad SMARTS) is 1. The molecule has 0 radical (unpaired) electrons. The number of allylic oxidation sites excluding steroid dienone is 1. The number of alkyl halides is 3. The van der Waals surface area contributed by atoms with Crippen LogP contribution >= 0.6 is 0 Å². The number of aromatic nitrogens is 2. The zero-order chi connectivity index (χ0) is 34.1. The standard InChI is InChI=1S/C30H36N6O4.C2HF3O2/c1-34-20-25(17-26(34)29(38)31-11-12-36-13-15-40-16-14-36)33-30(39)27-18-24(19-35(27)2)32-28(37)23-9-7-22(8-10-23)6-5-21-3-4-21;3-2(4,5)1(6)7/h5-10,17-21H,3-4,11-16H2,1-2H3,(H,31,38)(H,32,37)(H,33,39);(H,6,7)/b6-5+;. The van der Waals surface area contributed by atoms with Crippen molar-refractivity contribution in [3.8, 4) is 0 Å². The van der Waals surface area contributed by atoms with Gasteiger partial charge < -0.3 is 34.9 Å². The molecule has 0 bridgehead atoms. The Hall–Kier alpha value is -4.89. The molecule has 1 saturated carbocycles. The maximum Gasteiger partial charge on any atom is 0.490 e. The Balaban J connectivity index is 0.000000644. The van der Waals surface area contributed by atoms with Crippen molar-refractivity contribution >= 4 is 41.1 Å². The number of carbonyl (C=O) groups excluding carboxylic acids is 3. The first-order chi connectivity index (χ1) is 22.3. The lowest BCUT2D eigenvalue weighted by Gasteiger charge is -2.26. The molecule has 0 atom stereocenters. The topological polar surface area (TPSA) is 147 Å². The van der Waals surface area contributed by atoms with Crippen LogP contribution in [0.4, 0.5) is 24.5 Å². The van der Waals surface area contributed by atoms with Crippen molar-refractivity contribution in [2.75, 3.05) is 50.0 Å². The van der Waals surface area contributed by atoms with Gasteiger partial charge in [0.25, 0.3) is 17.7 Å². The number of amides is 3. The molecule has 3 heterocycles. The average Bonchev–Trinajstić information content (AvgIpc) is 3.68. The third-order valence-corrected chi connectivity index (χ3v) is 7.41. The second-order valence-corrected chi connectivity index (χ2v) is 11.2. The summed E-state index contributed by atoms with van der Waals surface area (Å²) in [4.78, 5) is 49.6. The van der Waals surface area contributed by atoms with Crippen molar-refractivity contribution < 1.29 is 42.2 Å². The molecule has 252 valence electrons. The lowest BCUT2D eigenvalue weighted by Crippen LogP contribution is -2.41. The Morgan fingerprint density at radius 1 is 0.894 bits per heavy atom. The maximum absolute atomic E-state index is 13.0. The monoisotopic (exact) mass is 658 g/mol. The van der Waals surface area contributed by atoms with Gasteiger partial charge in [0.15, 0.2) is 0 Å². The highest BCUT2D eigenvalue weighted by molar-refractivity contribution is 6.07. The van der Waals surface area contributed by atoms with Crippen LogP contribution in [0, 0.1) is 5.92 Å². The van der Waals surface area contributed by atoms with Gasteiger partial charge in [-0.05, 0) is 48.6 Å². The second kappa shape index (κ2) is 15.6. The minimum absolute atomic E-state index is 0.202. The van der Waals surface area contributed by atoms with Crippen LogP contribution in [0.3, 0.4) is 0 Å². The Morgan fingerprint density at radius 2 is 1.43 bits per heavy atom. The molecule has 5 rings (SSSR count). The smallest absolute Gasteiger partial charge is 0.475 e. The van der Waals surface area contributed by atoms with Crippen LogP contribution < -0.4 is 16.0 Å². The third kappa shape index (κ3) is 10.6. The average molecular weight is 659 g/mol. The fraction of sp³-hybridized carbons (Fsp3) is 0.375. The van der Waals surface area contributed by atoms with E-state index >= 15 is 0 Å². The minimum atomic E-state index is -5.08. The fourth-order valence-corrected chi connectivity index (χ4v) is 4.64. The van der Waals surface area contributed by atoms with Gasteiger partial charge >= 0.3 is 12.1 Å². The summed E-state index contributed by atoms with van der Waals surface area (Å²) in [5, 5.41) is 15.8. The van der Waals surface area contributed by atoms with Crippen molar-refractivity contribution in [3.63, 3.8) is 0 Å². The first kappa shape index (κ1) is 35.0. The van der Waals surface area contributed by atoms with Crippen molar-refractivity contribution in [1.29, 1.82) is 0 Å². The maximum atomic E-state index is 13.0. The van der Waals surface area contributed by atoms with Crippen LogP contribution in [0.5, 0.6) is 0 Å². The zero-order valence-electron chi connectivity index (χ0n) is 26.0. The highest BCUT2D eigenvalue weighted by Crippen LogP contribution is 2.30. The summed E-state index contributed by atoms with van der Waals surface area (Å²) < 4.78 is 40.4. The lowest BCUT2D eigenvalue weighted by atomic mass is 10.1. The van der Waals surface area contributed by atoms with E-state index in [4.69, 9.17) is 14.6 Å². The molecule has 4 N–H and O–H groups in total. The summed E-state index contributed by atoms with van der Waals surface area (Å²) in [6, 6.07) is 10.7. The molecule has 3 amide bonds. The van der Waals surface area contributed by atoms with E-state index in [9.17, 15) is 27.6 Å². The number of carboxylic acids is 1. The number of aliphatic carboxylic acids is 1. The molecule has 3 aromatic rings. The lowest BCUT2D eigenvalue weighted by molar-refractivity contribution is -0.192. The number of rotatable bonds is 10. The van der Waals surface area contributed by atoms with Gasteiger partial charge in [0, 0.05) is 58.2 Å². The van der Waals surface area contributed by atoms with E-state index in [1.54, 1.807) is 59.9 Å². The van der Waals surface area contributed by atoms with Gasteiger partial charge in [-0.2, -0.15) is 13.2 Å². The number of nitrogens with one attached hydrogen (secondary N) is 3. The van der Waals surface area contributed by atoms with Crippen LogP contribution in [0.15, 0.2) is 54.9 Å². The summed E-state index contributed by atoms with van der Waals surface area (Å²) >= 11 is 0. The minimum Gasteiger partial charge on any atom is -0.475 e. The van der Waals surface area contributed by atoms with Crippen LogP contribution in [0.1, 0.15) is 49.7 Å². The van der Waals surface area contributed by atoms with Crippen LogP contribution in [0.2, 0.25) is 0 Å². The van der Waals surface area contributed by atoms with Crippen molar-refractivity contribution in [3.05, 3.63) is 77.4 Å². The molecule has 15 heteroatoms. The molecule has 1 aliphatic carbocycles. The predicted molar refractivity (Wildman–Crippen MR) is 168 cm³/mol. The highest BCUT2D eigenvalue weighted by atomic mass is 19.4. The molecule has 1 aromatic carbocycles. The molecule has 12 nitrogen and oxygen atoms in total. The second-order valence-electron chi connectivity index (χ2n) is 11.2. The number of halogens is 3. The quantitative estimate of drug-likeness (QED) is 0.258. The number of benzene rings is 1. The Bertz CT molecular complexity index is 1600. The molecule has 1 aliphatic heterocycles. The molecule has 47 heavy (non-hydrogen) atoms. The first-order valence-electron chi connectivity index (χ1n) is 14.9. The van der Waals surface area contributed by atoms with E-state index in [2.05, 4.69) is 33.0 Å². The number of ether oxygens (including phenoxy) is 1. The molecule has 2 aliphatic rings. The van der Waals surface area contributed by atoms with Gasteiger partial charge in [0.2, 0.25) is 0 Å². The van der Waals surface area contributed by atoms with Crippen LogP contribution in [-0.4, -0.2) is 88.4 Å². The van der Waals surface area contributed by atoms with Crippen molar-refractivity contribution in [2.45, 2.75) is 19.0 Å². The molecule has 0 spiro atoms.